The normalized spacial score (nSPS) is 22.7. The Kier molecular flexibility index (Phi) is 5.24. The predicted octanol–water partition coefficient (Wildman–Crippen LogP) is 1.95. The fraction of sp³-hybridized carbons (Fsp3) is 0.600. The van der Waals surface area contributed by atoms with Crippen molar-refractivity contribution >= 4 is 15.7 Å². The number of para-hydroxylation sites is 1. The van der Waals surface area contributed by atoms with Gasteiger partial charge in [-0.15, -0.1) is 0 Å². The summed E-state index contributed by atoms with van der Waals surface area (Å²) in [5.74, 6) is 0.193. The quantitative estimate of drug-likeness (QED) is 0.750. The molecule has 0 amide bonds. The number of nitrogens with one attached hydrogen (secondary N) is 2. The topological polar surface area (TPSA) is 78.4 Å². The highest BCUT2D eigenvalue weighted by Crippen LogP contribution is 2.27. The number of hydrogen-bond acceptors (Lipinski definition) is 4. The van der Waals surface area contributed by atoms with Crippen LogP contribution in [0.4, 0.5) is 5.69 Å². The van der Waals surface area contributed by atoms with Gasteiger partial charge in [-0.2, -0.15) is 0 Å². The van der Waals surface area contributed by atoms with Crippen molar-refractivity contribution in [3.63, 3.8) is 0 Å². The number of aliphatic hydroxyl groups is 1. The minimum Gasteiger partial charge on any atom is -0.393 e. The lowest BCUT2D eigenvalue weighted by Crippen LogP contribution is -2.31. The Morgan fingerprint density at radius 3 is 2.62 bits per heavy atom. The van der Waals surface area contributed by atoms with Gasteiger partial charge in [0.05, 0.1) is 11.8 Å². The van der Waals surface area contributed by atoms with Crippen LogP contribution in [0.25, 0.3) is 0 Å². The van der Waals surface area contributed by atoms with Crippen LogP contribution >= 0.6 is 0 Å². The van der Waals surface area contributed by atoms with E-state index in [0.717, 1.165) is 19.3 Å². The maximum atomic E-state index is 12.3. The Bertz CT molecular complexity index is 572. The first kappa shape index (κ1) is 16.3. The molecule has 21 heavy (non-hydrogen) atoms. The van der Waals surface area contributed by atoms with E-state index in [2.05, 4.69) is 10.0 Å². The first-order chi connectivity index (χ1) is 9.90. The lowest BCUT2D eigenvalue weighted by molar-refractivity contribution is 0.138. The van der Waals surface area contributed by atoms with Crippen LogP contribution in [0.2, 0.25) is 0 Å². The number of rotatable bonds is 6. The minimum absolute atomic E-state index is 0.153. The summed E-state index contributed by atoms with van der Waals surface area (Å²) in [7, 11) is -3.52. The molecular formula is C15H24N2O3S. The Balaban J connectivity index is 2.13. The molecule has 2 atom stereocenters. The summed E-state index contributed by atoms with van der Waals surface area (Å²) < 4.78 is 27.2. The van der Waals surface area contributed by atoms with Gasteiger partial charge in [0.15, 0.2) is 0 Å². The van der Waals surface area contributed by atoms with Crippen molar-refractivity contribution < 1.29 is 13.5 Å². The molecule has 118 valence electrons. The Labute approximate surface area is 126 Å². The molecule has 1 aliphatic carbocycles. The summed E-state index contributed by atoms with van der Waals surface area (Å²) in [4.78, 5) is 0.256. The largest absolute Gasteiger partial charge is 0.393 e. The molecule has 3 N–H and O–H groups in total. The van der Waals surface area contributed by atoms with Gasteiger partial charge in [0, 0.05) is 18.5 Å². The van der Waals surface area contributed by atoms with Crippen LogP contribution in [0.3, 0.4) is 0 Å². The van der Waals surface area contributed by atoms with Crippen LogP contribution in [0.5, 0.6) is 0 Å². The van der Waals surface area contributed by atoms with E-state index in [1.54, 1.807) is 32.0 Å². The van der Waals surface area contributed by atoms with Gasteiger partial charge in [-0.05, 0) is 38.8 Å². The van der Waals surface area contributed by atoms with Gasteiger partial charge in [0.25, 0.3) is 0 Å². The second-order valence-electron chi connectivity index (χ2n) is 5.91. The fourth-order valence-corrected chi connectivity index (χ4v) is 4.15. The van der Waals surface area contributed by atoms with E-state index in [1.807, 2.05) is 6.07 Å². The van der Waals surface area contributed by atoms with Crippen LogP contribution in [0.1, 0.15) is 33.1 Å². The molecule has 0 aromatic heterocycles. The van der Waals surface area contributed by atoms with Crippen molar-refractivity contribution in [3.05, 3.63) is 24.3 Å². The molecule has 6 heteroatoms. The maximum Gasteiger partial charge on any atom is 0.242 e. The van der Waals surface area contributed by atoms with Crippen LogP contribution in [-0.4, -0.2) is 32.2 Å². The summed E-state index contributed by atoms with van der Waals surface area (Å²) in [5, 5.41) is 13.0. The van der Waals surface area contributed by atoms with E-state index in [4.69, 9.17) is 0 Å². The van der Waals surface area contributed by atoms with Crippen molar-refractivity contribution in [2.24, 2.45) is 5.92 Å². The molecule has 0 radical (unpaired) electrons. The summed E-state index contributed by atoms with van der Waals surface area (Å²) in [6, 6.07) is 6.72. The fourth-order valence-electron chi connectivity index (χ4n) is 2.72. The Morgan fingerprint density at radius 2 is 2.00 bits per heavy atom. The average Bonchev–Trinajstić information content (AvgIpc) is 2.81. The number of aliphatic hydroxyl groups excluding tert-OH is 1. The smallest absolute Gasteiger partial charge is 0.242 e. The van der Waals surface area contributed by atoms with Crippen molar-refractivity contribution in [1.29, 1.82) is 0 Å². The molecule has 1 fully saturated rings. The second-order valence-corrected chi connectivity index (χ2v) is 7.59. The molecule has 0 spiro atoms. The number of sulfonamides is 1. The van der Waals surface area contributed by atoms with E-state index < -0.39 is 10.0 Å². The first-order valence-electron chi connectivity index (χ1n) is 7.43. The molecule has 2 rings (SSSR count). The monoisotopic (exact) mass is 312 g/mol. The van der Waals surface area contributed by atoms with E-state index >= 15 is 0 Å². The van der Waals surface area contributed by atoms with Gasteiger partial charge in [0.1, 0.15) is 4.90 Å². The molecule has 1 aromatic carbocycles. The van der Waals surface area contributed by atoms with Crippen LogP contribution < -0.4 is 10.0 Å². The highest BCUT2D eigenvalue weighted by Gasteiger charge is 2.26. The van der Waals surface area contributed by atoms with Gasteiger partial charge in [0.2, 0.25) is 10.0 Å². The van der Waals surface area contributed by atoms with E-state index in [9.17, 15) is 13.5 Å². The van der Waals surface area contributed by atoms with Crippen LogP contribution in [0.15, 0.2) is 29.2 Å². The predicted molar refractivity (Wildman–Crippen MR) is 83.7 cm³/mol. The highest BCUT2D eigenvalue weighted by molar-refractivity contribution is 7.89. The van der Waals surface area contributed by atoms with Crippen molar-refractivity contribution in [2.45, 2.75) is 50.2 Å². The van der Waals surface area contributed by atoms with Crippen molar-refractivity contribution in [2.75, 3.05) is 11.9 Å². The zero-order valence-electron chi connectivity index (χ0n) is 12.5. The minimum atomic E-state index is -3.52. The third kappa shape index (κ3) is 4.18. The molecule has 1 aromatic rings. The average molecular weight is 312 g/mol. The highest BCUT2D eigenvalue weighted by atomic mass is 32.2. The molecule has 5 nitrogen and oxygen atoms in total. The first-order valence-corrected chi connectivity index (χ1v) is 8.92. The lowest BCUT2D eigenvalue weighted by atomic mass is 10.1. The molecule has 2 unspecified atom stereocenters. The zero-order valence-corrected chi connectivity index (χ0v) is 13.4. The van der Waals surface area contributed by atoms with Crippen molar-refractivity contribution in [1.82, 2.24) is 4.72 Å². The molecule has 0 bridgehead atoms. The Hall–Kier alpha value is -1.11. The van der Waals surface area contributed by atoms with Gasteiger partial charge < -0.3 is 10.4 Å². The number of benzene rings is 1. The van der Waals surface area contributed by atoms with Crippen LogP contribution in [0, 0.1) is 5.92 Å². The second kappa shape index (κ2) is 6.77. The summed E-state index contributed by atoms with van der Waals surface area (Å²) in [6.45, 7) is 4.18. The van der Waals surface area contributed by atoms with Crippen LogP contribution in [-0.2, 0) is 10.0 Å². The maximum absolute atomic E-state index is 12.3. The number of anilines is 1. The van der Waals surface area contributed by atoms with E-state index in [0.29, 0.717) is 12.2 Å². The summed E-state index contributed by atoms with van der Waals surface area (Å²) >= 11 is 0. The molecule has 0 aliphatic heterocycles. The Morgan fingerprint density at radius 1 is 1.29 bits per heavy atom. The van der Waals surface area contributed by atoms with Crippen molar-refractivity contribution in [3.8, 4) is 0 Å². The standard InChI is InChI=1S/C15H24N2O3S/c1-11(2)17-21(19,20)15-9-4-3-7-13(15)16-10-12-6-5-8-14(12)18/h3-4,7,9,11-12,14,16-18H,5-6,8,10H2,1-2H3. The molecule has 1 aliphatic rings. The lowest BCUT2D eigenvalue weighted by Gasteiger charge is -2.18. The number of hydrogen-bond donors (Lipinski definition) is 3. The van der Waals surface area contributed by atoms with Gasteiger partial charge in [-0.1, -0.05) is 18.6 Å². The SMILES string of the molecule is CC(C)NS(=O)(=O)c1ccccc1NCC1CCCC1O. The summed E-state index contributed by atoms with van der Waals surface area (Å²) in [6.07, 6.45) is 2.56. The molecular weight excluding hydrogens is 288 g/mol. The van der Waals surface area contributed by atoms with E-state index in [1.165, 1.54) is 0 Å². The third-order valence-electron chi connectivity index (χ3n) is 3.74. The van der Waals surface area contributed by atoms with E-state index in [-0.39, 0.29) is 23.0 Å². The van der Waals surface area contributed by atoms with Gasteiger partial charge >= 0.3 is 0 Å². The summed E-state index contributed by atoms with van der Waals surface area (Å²) in [5.41, 5.74) is 0.588. The third-order valence-corrected chi connectivity index (χ3v) is 5.46. The molecule has 0 saturated heterocycles. The van der Waals surface area contributed by atoms with Gasteiger partial charge in [-0.3, -0.25) is 0 Å². The molecule has 0 heterocycles. The zero-order chi connectivity index (χ0) is 15.5. The van der Waals surface area contributed by atoms with Gasteiger partial charge in [-0.25, -0.2) is 13.1 Å². The molecule has 1 saturated carbocycles.